The predicted octanol–water partition coefficient (Wildman–Crippen LogP) is 1.41. The van der Waals surface area contributed by atoms with Crippen LogP contribution in [0.1, 0.15) is 33.1 Å². The Bertz CT molecular complexity index is 133. The van der Waals surface area contributed by atoms with Crippen LogP contribution in [0, 0.1) is 0 Å². The van der Waals surface area contributed by atoms with E-state index in [9.17, 15) is 4.79 Å². The van der Waals surface area contributed by atoms with Gasteiger partial charge in [0.2, 0.25) is 5.91 Å². The van der Waals surface area contributed by atoms with Crippen molar-refractivity contribution in [2.24, 2.45) is 0 Å². The Kier molecular flexibility index (Phi) is 2.30. The van der Waals surface area contributed by atoms with Crippen LogP contribution in [0.5, 0.6) is 0 Å². The van der Waals surface area contributed by atoms with Crippen LogP contribution < -0.4 is 0 Å². The molecule has 0 aromatic rings. The maximum Gasteiger partial charge on any atom is 0.222 e. The first kappa shape index (κ1) is 7.58. The first-order chi connectivity index (χ1) is 4.75. The van der Waals surface area contributed by atoms with Gasteiger partial charge in [-0.25, -0.2) is 0 Å². The monoisotopic (exact) mass is 141 g/mol. The first-order valence-electron chi connectivity index (χ1n) is 4.05. The fourth-order valence-electron chi connectivity index (χ4n) is 1.46. The van der Waals surface area contributed by atoms with Crippen molar-refractivity contribution >= 4 is 5.91 Å². The van der Waals surface area contributed by atoms with Gasteiger partial charge in [-0.15, -0.1) is 0 Å². The molecule has 10 heavy (non-hydrogen) atoms. The second-order valence-electron chi connectivity index (χ2n) is 2.97. The van der Waals surface area contributed by atoms with E-state index in [1.807, 2.05) is 4.90 Å². The molecule has 1 saturated heterocycles. The van der Waals surface area contributed by atoms with E-state index in [2.05, 4.69) is 13.8 Å². The quantitative estimate of drug-likeness (QED) is 0.569. The molecule has 1 heterocycles. The lowest BCUT2D eigenvalue weighted by Gasteiger charge is -2.20. The van der Waals surface area contributed by atoms with Gasteiger partial charge in [-0.05, 0) is 19.8 Å². The summed E-state index contributed by atoms with van der Waals surface area (Å²) < 4.78 is 0. The molecule has 0 bridgehead atoms. The molecule has 1 aliphatic rings. The molecular weight excluding hydrogens is 126 g/mol. The summed E-state index contributed by atoms with van der Waals surface area (Å²) in [5, 5.41) is 0. The van der Waals surface area contributed by atoms with E-state index in [4.69, 9.17) is 0 Å². The summed E-state index contributed by atoms with van der Waals surface area (Å²) in [5.41, 5.74) is 0. The van der Waals surface area contributed by atoms with Crippen LogP contribution in [0.2, 0.25) is 0 Å². The Labute approximate surface area is 62.2 Å². The summed E-state index contributed by atoms with van der Waals surface area (Å²) >= 11 is 0. The lowest BCUT2D eigenvalue weighted by molar-refractivity contribution is -0.128. The number of carbonyl (C=O) groups is 1. The smallest absolute Gasteiger partial charge is 0.222 e. The zero-order chi connectivity index (χ0) is 7.56. The molecular formula is C8H15NO. The summed E-state index contributed by atoms with van der Waals surface area (Å²) in [6.07, 6.45) is 2.90. The highest BCUT2D eigenvalue weighted by Crippen LogP contribution is 2.17. The maximum atomic E-state index is 11.1. The first-order valence-corrected chi connectivity index (χ1v) is 4.05. The predicted molar refractivity (Wildman–Crippen MR) is 40.7 cm³/mol. The van der Waals surface area contributed by atoms with Crippen LogP contribution in [0.3, 0.4) is 0 Å². The number of nitrogens with zero attached hydrogens (tertiary/aromatic N) is 1. The van der Waals surface area contributed by atoms with Crippen LogP contribution in [0.15, 0.2) is 0 Å². The van der Waals surface area contributed by atoms with Gasteiger partial charge >= 0.3 is 0 Å². The lowest BCUT2D eigenvalue weighted by Crippen LogP contribution is -2.31. The number of hydrogen-bond acceptors (Lipinski definition) is 1. The van der Waals surface area contributed by atoms with E-state index >= 15 is 0 Å². The highest BCUT2D eigenvalue weighted by Gasteiger charge is 2.25. The summed E-state index contributed by atoms with van der Waals surface area (Å²) in [6, 6.07) is 0.493. The van der Waals surface area contributed by atoms with Gasteiger partial charge in [0.1, 0.15) is 0 Å². The number of rotatable bonds is 2. The molecule has 0 radical (unpaired) electrons. The van der Waals surface area contributed by atoms with Gasteiger partial charge in [0.05, 0.1) is 0 Å². The Morgan fingerprint density at radius 3 is 2.80 bits per heavy atom. The molecule has 0 N–H and O–H groups in total. The van der Waals surface area contributed by atoms with Crippen molar-refractivity contribution in [1.82, 2.24) is 4.90 Å². The van der Waals surface area contributed by atoms with Gasteiger partial charge in [0.15, 0.2) is 0 Å². The minimum absolute atomic E-state index is 0.342. The third kappa shape index (κ3) is 1.31. The molecule has 2 heteroatoms. The van der Waals surface area contributed by atoms with Gasteiger partial charge in [-0.1, -0.05) is 6.92 Å². The lowest BCUT2D eigenvalue weighted by atomic mass is 10.2. The van der Waals surface area contributed by atoms with Crippen molar-refractivity contribution < 1.29 is 4.79 Å². The van der Waals surface area contributed by atoms with Crippen LogP contribution in [-0.4, -0.2) is 23.4 Å². The normalized spacial score (nSPS) is 26.0. The Morgan fingerprint density at radius 1 is 1.70 bits per heavy atom. The summed E-state index contributed by atoms with van der Waals surface area (Å²) in [5.74, 6) is 0.342. The van der Waals surface area contributed by atoms with E-state index in [0.29, 0.717) is 11.9 Å². The maximum absolute atomic E-state index is 11.1. The van der Waals surface area contributed by atoms with Gasteiger partial charge < -0.3 is 4.90 Å². The number of hydrogen-bond donors (Lipinski definition) is 0. The molecule has 1 aliphatic heterocycles. The number of amides is 1. The summed E-state index contributed by atoms with van der Waals surface area (Å²) in [7, 11) is 0. The molecule has 1 fully saturated rings. The van der Waals surface area contributed by atoms with Crippen LogP contribution in [-0.2, 0) is 4.79 Å². The third-order valence-corrected chi connectivity index (χ3v) is 2.09. The molecule has 0 aliphatic carbocycles. The zero-order valence-electron chi connectivity index (χ0n) is 6.76. The molecule has 58 valence electrons. The Hall–Kier alpha value is -0.530. The molecule has 1 rings (SSSR count). The van der Waals surface area contributed by atoms with E-state index < -0.39 is 0 Å². The van der Waals surface area contributed by atoms with Crippen molar-refractivity contribution in [3.05, 3.63) is 0 Å². The topological polar surface area (TPSA) is 20.3 Å². The summed E-state index contributed by atoms with van der Waals surface area (Å²) in [4.78, 5) is 13.1. The van der Waals surface area contributed by atoms with Gasteiger partial charge in [-0.3, -0.25) is 4.79 Å². The minimum Gasteiger partial charge on any atom is -0.340 e. The Balaban J connectivity index is 2.46. The molecule has 1 unspecified atom stereocenters. The Morgan fingerprint density at radius 2 is 2.40 bits per heavy atom. The fourth-order valence-corrected chi connectivity index (χ4v) is 1.46. The van der Waals surface area contributed by atoms with E-state index in [-0.39, 0.29) is 0 Å². The van der Waals surface area contributed by atoms with E-state index in [0.717, 1.165) is 25.8 Å². The van der Waals surface area contributed by atoms with Crippen molar-refractivity contribution in [2.75, 3.05) is 6.54 Å². The third-order valence-electron chi connectivity index (χ3n) is 2.09. The molecule has 2 nitrogen and oxygen atoms in total. The van der Waals surface area contributed by atoms with Gasteiger partial charge in [-0.2, -0.15) is 0 Å². The van der Waals surface area contributed by atoms with Crippen molar-refractivity contribution in [1.29, 1.82) is 0 Å². The van der Waals surface area contributed by atoms with Crippen molar-refractivity contribution in [2.45, 2.75) is 39.2 Å². The van der Waals surface area contributed by atoms with E-state index in [1.165, 1.54) is 0 Å². The SMILES string of the molecule is CCCN1C(=O)CCC1C. The van der Waals surface area contributed by atoms with Gasteiger partial charge in [0.25, 0.3) is 0 Å². The fraction of sp³-hybridized carbons (Fsp3) is 0.875. The molecule has 0 aromatic carbocycles. The standard InChI is InChI=1S/C8H15NO/c1-3-6-9-7(2)4-5-8(9)10/h7H,3-6H2,1-2H3. The van der Waals surface area contributed by atoms with Crippen LogP contribution in [0.4, 0.5) is 0 Å². The molecule has 0 spiro atoms. The largest absolute Gasteiger partial charge is 0.340 e. The number of carbonyl (C=O) groups excluding carboxylic acids is 1. The zero-order valence-corrected chi connectivity index (χ0v) is 6.76. The molecule has 1 amide bonds. The minimum atomic E-state index is 0.342. The highest BCUT2D eigenvalue weighted by molar-refractivity contribution is 5.78. The molecule has 0 aromatic heterocycles. The van der Waals surface area contributed by atoms with Crippen LogP contribution >= 0.6 is 0 Å². The molecule has 0 saturated carbocycles. The average molecular weight is 141 g/mol. The second kappa shape index (κ2) is 3.04. The molecule has 1 atom stereocenters. The van der Waals surface area contributed by atoms with Crippen molar-refractivity contribution in [3.8, 4) is 0 Å². The average Bonchev–Trinajstić information content (AvgIpc) is 2.20. The van der Waals surface area contributed by atoms with Crippen molar-refractivity contribution in [3.63, 3.8) is 0 Å². The van der Waals surface area contributed by atoms with E-state index in [1.54, 1.807) is 0 Å². The second-order valence-corrected chi connectivity index (χ2v) is 2.97. The summed E-state index contributed by atoms with van der Waals surface area (Å²) in [6.45, 7) is 5.18. The van der Waals surface area contributed by atoms with Gasteiger partial charge in [0, 0.05) is 19.0 Å². The highest BCUT2D eigenvalue weighted by atomic mass is 16.2. The van der Waals surface area contributed by atoms with Crippen LogP contribution in [0.25, 0.3) is 0 Å². The number of likely N-dealkylation sites (tertiary alicyclic amines) is 1.